The Bertz CT molecular complexity index is 474. The highest BCUT2D eigenvalue weighted by atomic mass is 32.1. The van der Waals surface area contributed by atoms with Gasteiger partial charge in [-0.1, -0.05) is 6.07 Å². The van der Waals surface area contributed by atoms with E-state index in [9.17, 15) is 4.79 Å². The average molecular weight is 233 g/mol. The topological polar surface area (TPSA) is 24.2 Å². The van der Waals surface area contributed by atoms with E-state index in [4.69, 9.17) is 0 Å². The first kappa shape index (κ1) is 10.8. The van der Waals surface area contributed by atoms with E-state index in [-0.39, 0.29) is 5.91 Å². The van der Waals surface area contributed by atoms with Gasteiger partial charge in [0.05, 0.1) is 0 Å². The third-order valence-electron chi connectivity index (χ3n) is 2.29. The molecule has 2 aromatic rings. The molecule has 16 heavy (non-hydrogen) atoms. The zero-order valence-corrected chi connectivity index (χ0v) is 10.1. The molecule has 2 aromatic heterocycles. The monoisotopic (exact) mass is 233 g/mol. The highest BCUT2D eigenvalue weighted by Gasteiger charge is 2.17. The van der Waals surface area contributed by atoms with Crippen LogP contribution in [0.2, 0.25) is 0 Å². The predicted molar refractivity (Wildman–Crippen MR) is 65.0 cm³/mol. The third-order valence-corrected chi connectivity index (χ3v) is 3.15. The molecule has 0 aliphatic carbocycles. The first-order valence-corrected chi connectivity index (χ1v) is 5.83. The molecule has 0 fully saturated rings. The number of carbonyl (C=O) groups is 1. The van der Waals surface area contributed by atoms with Gasteiger partial charge in [0.2, 0.25) is 0 Å². The zero-order chi connectivity index (χ0) is 11.5. The molecule has 0 saturated carbocycles. The first-order chi connectivity index (χ1) is 7.68. The molecule has 2 heterocycles. The van der Waals surface area contributed by atoms with Gasteiger partial charge < -0.3 is 4.90 Å². The van der Waals surface area contributed by atoms with E-state index in [1.54, 1.807) is 17.0 Å². The van der Waals surface area contributed by atoms with Crippen LogP contribution in [0.15, 0.2) is 42.0 Å². The van der Waals surface area contributed by atoms with Gasteiger partial charge in [0.1, 0.15) is 4.88 Å². The number of pyridine rings is 1. The van der Waals surface area contributed by atoms with Crippen LogP contribution in [0.3, 0.4) is 0 Å². The van der Waals surface area contributed by atoms with Crippen LogP contribution < -0.4 is 9.47 Å². The summed E-state index contributed by atoms with van der Waals surface area (Å²) in [6, 6.07) is 7.56. The molecule has 0 saturated heterocycles. The number of aromatic nitrogens is 1. The average Bonchev–Trinajstić information content (AvgIpc) is 2.81. The van der Waals surface area contributed by atoms with Crippen LogP contribution in [0, 0.1) is 0 Å². The third kappa shape index (κ3) is 2.12. The molecular weight excluding hydrogens is 220 g/mol. The van der Waals surface area contributed by atoms with E-state index < -0.39 is 0 Å². The second-order valence-electron chi connectivity index (χ2n) is 3.64. The smallest absolute Gasteiger partial charge is 0.377 e. The van der Waals surface area contributed by atoms with Crippen LogP contribution in [0.5, 0.6) is 0 Å². The molecule has 3 nitrogen and oxygen atoms in total. The van der Waals surface area contributed by atoms with E-state index in [1.165, 1.54) is 11.3 Å². The quantitative estimate of drug-likeness (QED) is 0.739. The van der Waals surface area contributed by atoms with E-state index in [0.29, 0.717) is 0 Å². The summed E-state index contributed by atoms with van der Waals surface area (Å²) in [7, 11) is 3.95. The van der Waals surface area contributed by atoms with E-state index >= 15 is 0 Å². The largest absolute Gasteiger partial charge is 0.434 e. The summed E-state index contributed by atoms with van der Waals surface area (Å²) >= 11 is 1.46. The lowest BCUT2D eigenvalue weighted by molar-refractivity contribution is -0.570. The Morgan fingerprint density at radius 3 is 2.44 bits per heavy atom. The SMILES string of the molecule is CN(C)c1cc[n+](C(=O)c2cccs2)cc1. The van der Waals surface area contributed by atoms with Crippen LogP contribution in [-0.4, -0.2) is 20.0 Å². The van der Waals surface area contributed by atoms with Gasteiger partial charge in [0.25, 0.3) is 0 Å². The van der Waals surface area contributed by atoms with Crippen molar-refractivity contribution in [2.45, 2.75) is 0 Å². The van der Waals surface area contributed by atoms with E-state index in [1.807, 2.05) is 48.6 Å². The van der Waals surface area contributed by atoms with Crippen molar-refractivity contribution >= 4 is 22.9 Å². The van der Waals surface area contributed by atoms with Crippen molar-refractivity contribution in [3.63, 3.8) is 0 Å². The van der Waals surface area contributed by atoms with E-state index in [0.717, 1.165) is 10.6 Å². The van der Waals surface area contributed by atoms with Gasteiger partial charge in [-0.15, -0.1) is 15.9 Å². The standard InChI is InChI=1S/C12H13N2OS/c1-13(2)10-5-7-14(8-6-10)12(15)11-4-3-9-16-11/h3-9H,1-2H3/q+1. The van der Waals surface area contributed by atoms with Crippen molar-refractivity contribution in [1.29, 1.82) is 0 Å². The molecular formula is C12H13N2OS+. The van der Waals surface area contributed by atoms with Gasteiger partial charge >= 0.3 is 5.91 Å². The zero-order valence-electron chi connectivity index (χ0n) is 9.25. The van der Waals surface area contributed by atoms with Gasteiger partial charge in [0, 0.05) is 31.9 Å². The Morgan fingerprint density at radius 1 is 1.25 bits per heavy atom. The first-order valence-electron chi connectivity index (χ1n) is 4.95. The normalized spacial score (nSPS) is 10.1. The van der Waals surface area contributed by atoms with Crippen LogP contribution in [0.25, 0.3) is 0 Å². The summed E-state index contributed by atoms with van der Waals surface area (Å²) in [6.07, 6.45) is 3.58. The molecule has 2 rings (SSSR count). The second-order valence-corrected chi connectivity index (χ2v) is 4.59. The molecule has 0 radical (unpaired) electrons. The number of hydrogen-bond donors (Lipinski definition) is 0. The molecule has 0 aliphatic rings. The maximum atomic E-state index is 11.9. The lowest BCUT2D eigenvalue weighted by Gasteiger charge is -2.09. The Labute approximate surface area is 98.6 Å². The Kier molecular flexibility index (Phi) is 3.01. The number of anilines is 1. The van der Waals surface area contributed by atoms with Crippen LogP contribution in [-0.2, 0) is 0 Å². The van der Waals surface area contributed by atoms with Crippen LogP contribution in [0.1, 0.15) is 9.67 Å². The van der Waals surface area contributed by atoms with Crippen LogP contribution >= 0.6 is 11.3 Å². The minimum atomic E-state index is 0.0142. The number of carbonyl (C=O) groups excluding carboxylic acids is 1. The minimum Gasteiger partial charge on any atom is -0.377 e. The van der Waals surface area contributed by atoms with Crippen molar-refractivity contribution in [1.82, 2.24) is 0 Å². The van der Waals surface area contributed by atoms with Gasteiger partial charge in [-0.05, 0) is 11.4 Å². The molecule has 0 spiro atoms. The summed E-state index contributed by atoms with van der Waals surface area (Å²) in [5.41, 5.74) is 1.08. The molecule has 0 aliphatic heterocycles. The van der Waals surface area contributed by atoms with Crippen molar-refractivity contribution in [2.75, 3.05) is 19.0 Å². The highest BCUT2D eigenvalue weighted by Crippen LogP contribution is 2.09. The Balaban J connectivity index is 2.25. The lowest BCUT2D eigenvalue weighted by Crippen LogP contribution is -2.41. The summed E-state index contributed by atoms with van der Waals surface area (Å²) in [5.74, 6) is 0.0142. The second kappa shape index (κ2) is 4.45. The van der Waals surface area contributed by atoms with Crippen molar-refractivity contribution in [2.24, 2.45) is 0 Å². The van der Waals surface area contributed by atoms with Crippen molar-refractivity contribution in [3.8, 4) is 0 Å². The number of nitrogens with zero attached hydrogens (tertiary/aromatic N) is 2. The van der Waals surface area contributed by atoms with Crippen molar-refractivity contribution < 1.29 is 9.36 Å². The molecule has 82 valence electrons. The lowest BCUT2D eigenvalue weighted by atomic mass is 10.3. The Hall–Kier alpha value is -1.68. The van der Waals surface area contributed by atoms with Gasteiger partial charge in [0.15, 0.2) is 12.4 Å². The fraction of sp³-hybridized carbons (Fsp3) is 0.167. The maximum Gasteiger partial charge on any atom is 0.434 e. The van der Waals surface area contributed by atoms with Gasteiger partial charge in [-0.3, -0.25) is 0 Å². The molecule has 0 unspecified atom stereocenters. The Morgan fingerprint density at radius 2 is 1.94 bits per heavy atom. The molecule has 0 amide bonds. The predicted octanol–water partition coefficient (Wildman–Crippen LogP) is 1.79. The summed E-state index contributed by atoms with van der Waals surface area (Å²) in [5, 5.41) is 1.90. The maximum absolute atomic E-state index is 11.9. The summed E-state index contributed by atoms with van der Waals surface area (Å²) in [6.45, 7) is 0. The van der Waals surface area contributed by atoms with E-state index in [2.05, 4.69) is 0 Å². The number of hydrogen-bond acceptors (Lipinski definition) is 3. The summed E-state index contributed by atoms with van der Waals surface area (Å²) in [4.78, 5) is 14.7. The minimum absolute atomic E-state index is 0.0142. The molecule has 0 bridgehead atoms. The number of rotatable bonds is 2. The van der Waals surface area contributed by atoms with Crippen LogP contribution in [0.4, 0.5) is 5.69 Å². The molecule has 0 aromatic carbocycles. The molecule has 0 atom stereocenters. The fourth-order valence-electron chi connectivity index (χ4n) is 1.38. The number of thiophene rings is 1. The van der Waals surface area contributed by atoms with Gasteiger partial charge in [-0.2, -0.15) is 0 Å². The molecule has 4 heteroatoms. The van der Waals surface area contributed by atoms with Crippen molar-refractivity contribution in [3.05, 3.63) is 46.9 Å². The highest BCUT2D eigenvalue weighted by molar-refractivity contribution is 7.11. The fourth-order valence-corrected chi connectivity index (χ4v) is 2.05. The summed E-state index contributed by atoms with van der Waals surface area (Å²) < 4.78 is 1.60. The molecule has 0 N–H and O–H groups in total. The van der Waals surface area contributed by atoms with Gasteiger partial charge in [-0.25, -0.2) is 4.79 Å².